The Labute approximate surface area is 125 Å². The van der Waals surface area contributed by atoms with Gasteiger partial charge in [0.2, 0.25) is 5.91 Å². The van der Waals surface area contributed by atoms with Crippen LogP contribution in [0.2, 0.25) is 0 Å². The molecule has 1 unspecified atom stereocenters. The molecule has 1 saturated heterocycles. The Balaban J connectivity index is 1.93. The van der Waals surface area contributed by atoms with Gasteiger partial charge in [-0.3, -0.25) is 9.69 Å². The number of carbonyl (C=O) groups is 1. The van der Waals surface area contributed by atoms with Gasteiger partial charge >= 0.3 is 0 Å². The number of halogens is 1. The molecule has 0 radical (unpaired) electrons. The van der Waals surface area contributed by atoms with Gasteiger partial charge < -0.3 is 11.1 Å². The van der Waals surface area contributed by atoms with Crippen molar-refractivity contribution in [3.8, 4) is 0 Å². The molecule has 0 saturated carbocycles. The lowest BCUT2D eigenvalue weighted by atomic mass is 9.96. The van der Waals surface area contributed by atoms with Crippen molar-refractivity contribution in [2.45, 2.75) is 26.3 Å². The van der Waals surface area contributed by atoms with Crippen LogP contribution < -0.4 is 11.1 Å². The van der Waals surface area contributed by atoms with E-state index in [2.05, 4.69) is 10.2 Å². The fraction of sp³-hybridized carbons (Fsp3) is 0.562. The normalized spacial score (nSPS) is 19.5. The monoisotopic (exact) mass is 293 g/mol. The van der Waals surface area contributed by atoms with Gasteiger partial charge in [-0.1, -0.05) is 6.07 Å². The highest BCUT2D eigenvalue weighted by Crippen LogP contribution is 2.20. The molecule has 4 nitrogen and oxygen atoms in total. The van der Waals surface area contributed by atoms with Crippen LogP contribution in [0.3, 0.4) is 0 Å². The van der Waals surface area contributed by atoms with E-state index in [0.717, 1.165) is 43.6 Å². The third-order valence-corrected chi connectivity index (χ3v) is 4.02. The van der Waals surface area contributed by atoms with Crippen LogP contribution in [0, 0.1) is 18.7 Å². The molecule has 5 heteroatoms. The Hall–Kier alpha value is -1.46. The van der Waals surface area contributed by atoms with Crippen molar-refractivity contribution in [1.29, 1.82) is 0 Å². The second-order valence-corrected chi connectivity index (χ2v) is 5.72. The summed E-state index contributed by atoms with van der Waals surface area (Å²) in [6.45, 7) is 5.44. The number of benzene rings is 1. The van der Waals surface area contributed by atoms with Crippen molar-refractivity contribution in [3.05, 3.63) is 35.1 Å². The minimum Gasteiger partial charge on any atom is -0.355 e. The highest BCUT2D eigenvalue weighted by atomic mass is 19.1. The number of amides is 1. The molecular weight excluding hydrogens is 269 g/mol. The zero-order valence-corrected chi connectivity index (χ0v) is 12.6. The van der Waals surface area contributed by atoms with Gasteiger partial charge in [-0.05, 0) is 49.6 Å². The maximum absolute atomic E-state index is 13.1. The molecular formula is C16H24FN3O. The fourth-order valence-corrected chi connectivity index (χ4v) is 2.83. The molecule has 1 amide bonds. The lowest BCUT2D eigenvalue weighted by Crippen LogP contribution is -2.43. The van der Waals surface area contributed by atoms with E-state index < -0.39 is 0 Å². The van der Waals surface area contributed by atoms with E-state index >= 15 is 0 Å². The predicted octanol–water partition coefficient (Wildman–Crippen LogP) is 1.42. The van der Waals surface area contributed by atoms with E-state index in [1.54, 1.807) is 6.07 Å². The lowest BCUT2D eigenvalue weighted by Gasteiger charge is -2.32. The van der Waals surface area contributed by atoms with Crippen LogP contribution in [-0.2, 0) is 11.3 Å². The Bertz CT molecular complexity index is 492. The van der Waals surface area contributed by atoms with Crippen LogP contribution in [0.5, 0.6) is 0 Å². The van der Waals surface area contributed by atoms with Crippen LogP contribution in [0.4, 0.5) is 4.39 Å². The second-order valence-electron chi connectivity index (χ2n) is 5.72. The SMILES string of the molecule is Cc1cc(F)ccc1CN1CCCC(C(=O)NCCN)C1. The molecule has 1 heterocycles. The van der Waals surface area contributed by atoms with Crippen LogP contribution in [-0.4, -0.2) is 37.0 Å². The first-order chi connectivity index (χ1) is 10.1. The highest BCUT2D eigenvalue weighted by Gasteiger charge is 2.25. The first kappa shape index (κ1) is 15.9. The molecule has 1 atom stereocenters. The summed E-state index contributed by atoms with van der Waals surface area (Å²) in [7, 11) is 0. The van der Waals surface area contributed by atoms with E-state index in [1.165, 1.54) is 6.07 Å². The van der Waals surface area contributed by atoms with Gasteiger partial charge in [0.05, 0.1) is 5.92 Å². The molecule has 1 aromatic rings. The first-order valence-corrected chi connectivity index (χ1v) is 7.55. The number of likely N-dealkylation sites (tertiary alicyclic amines) is 1. The first-order valence-electron chi connectivity index (χ1n) is 7.55. The van der Waals surface area contributed by atoms with Crippen molar-refractivity contribution in [1.82, 2.24) is 10.2 Å². The number of piperidine rings is 1. The summed E-state index contributed by atoms with van der Waals surface area (Å²) in [6.07, 6.45) is 1.94. The molecule has 2 rings (SSSR count). The lowest BCUT2D eigenvalue weighted by molar-refractivity contribution is -0.126. The fourth-order valence-electron chi connectivity index (χ4n) is 2.83. The molecule has 0 bridgehead atoms. The number of nitrogens with zero attached hydrogens (tertiary/aromatic N) is 1. The number of carbonyl (C=O) groups excluding carboxylic acids is 1. The molecule has 1 fully saturated rings. The number of aryl methyl sites for hydroxylation is 1. The van der Waals surface area contributed by atoms with E-state index in [4.69, 9.17) is 5.73 Å². The summed E-state index contributed by atoms with van der Waals surface area (Å²) < 4.78 is 13.1. The molecule has 1 aliphatic heterocycles. The number of rotatable bonds is 5. The summed E-state index contributed by atoms with van der Waals surface area (Å²) >= 11 is 0. The summed E-state index contributed by atoms with van der Waals surface area (Å²) in [4.78, 5) is 14.3. The van der Waals surface area contributed by atoms with Crippen LogP contribution >= 0.6 is 0 Å². The standard InChI is InChI=1S/C16H24FN3O/c1-12-9-15(17)5-4-13(12)10-20-8-2-3-14(11-20)16(21)19-7-6-18/h4-5,9,14H,2-3,6-8,10-11,18H2,1H3,(H,19,21). The van der Waals surface area contributed by atoms with Crippen molar-refractivity contribution < 1.29 is 9.18 Å². The smallest absolute Gasteiger partial charge is 0.224 e. The summed E-state index contributed by atoms with van der Waals surface area (Å²) in [5.41, 5.74) is 7.50. The van der Waals surface area contributed by atoms with Gasteiger partial charge in [0.25, 0.3) is 0 Å². The third kappa shape index (κ3) is 4.51. The molecule has 116 valence electrons. The topological polar surface area (TPSA) is 58.4 Å². The number of hydrogen-bond donors (Lipinski definition) is 2. The van der Waals surface area contributed by atoms with Crippen LogP contribution in [0.25, 0.3) is 0 Å². The average molecular weight is 293 g/mol. The van der Waals surface area contributed by atoms with Crippen molar-refractivity contribution in [2.75, 3.05) is 26.2 Å². The van der Waals surface area contributed by atoms with Crippen LogP contribution in [0.1, 0.15) is 24.0 Å². The van der Waals surface area contributed by atoms with E-state index in [1.807, 2.05) is 13.0 Å². The molecule has 1 aromatic carbocycles. The van der Waals surface area contributed by atoms with Crippen LogP contribution in [0.15, 0.2) is 18.2 Å². The van der Waals surface area contributed by atoms with Gasteiger partial charge in [-0.25, -0.2) is 4.39 Å². The van der Waals surface area contributed by atoms with E-state index in [-0.39, 0.29) is 17.6 Å². The van der Waals surface area contributed by atoms with Crippen molar-refractivity contribution >= 4 is 5.91 Å². The molecule has 21 heavy (non-hydrogen) atoms. The Morgan fingerprint density at radius 1 is 1.52 bits per heavy atom. The second kappa shape index (κ2) is 7.52. The molecule has 0 aromatic heterocycles. The Kier molecular flexibility index (Phi) is 5.70. The number of hydrogen-bond acceptors (Lipinski definition) is 3. The summed E-state index contributed by atoms with van der Waals surface area (Å²) in [6, 6.07) is 4.89. The quantitative estimate of drug-likeness (QED) is 0.863. The van der Waals surface area contributed by atoms with Gasteiger partial charge in [0, 0.05) is 26.2 Å². The van der Waals surface area contributed by atoms with E-state index in [0.29, 0.717) is 13.1 Å². The molecule has 0 spiro atoms. The van der Waals surface area contributed by atoms with Crippen molar-refractivity contribution in [3.63, 3.8) is 0 Å². The number of nitrogens with two attached hydrogens (primary N) is 1. The molecule has 0 aliphatic carbocycles. The largest absolute Gasteiger partial charge is 0.355 e. The minimum atomic E-state index is -0.200. The minimum absolute atomic E-state index is 0.0334. The molecule has 1 aliphatic rings. The maximum atomic E-state index is 13.1. The van der Waals surface area contributed by atoms with Gasteiger partial charge in [0.15, 0.2) is 0 Å². The van der Waals surface area contributed by atoms with Gasteiger partial charge in [-0.2, -0.15) is 0 Å². The summed E-state index contributed by atoms with van der Waals surface area (Å²) in [5, 5.41) is 2.87. The van der Waals surface area contributed by atoms with E-state index in [9.17, 15) is 9.18 Å². The predicted molar refractivity (Wildman–Crippen MR) is 81.2 cm³/mol. The number of nitrogens with one attached hydrogen (secondary N) is 1. The summed E-state index contributed by atoms with van der Waals surface area (Å²) in [5.74, 6) is -0.0686. The average Bonchev–Trinajstić information content (AvgIpc) is 2.48. The third-order valence-electron chi connectivity index (χ3n) is 4.02. The zero-order chi connectivity index (χ0) is 15.2. The maximum Gasteiger partial charge on any atom is 0.224 e. The molecule has 3 N–H and O–H groups in total. The van der Waals surface area contributed by atoms with Gasteiger partial charge in [0.1, 0.15) is 5.82 Å². The highest BCUT2D eigenvalue weighted by molar-refractivity contribution is 5.78. The zero-order valence-electron chi connectivity index (χ0n) is 12.6. The van der Waals surface area contributed by atoms with Gasteiger partial charge in [-0.15, -0.1) is 0 Å². The Morgan fingerprint density at radius 3 is 3.05 bits per heavy atom. The Morgan fingerprint density at radius 2 is 2.33 bits per heavy atom. The van der Waals surface area contributed by atoms with Crippen molar-refractivity contribution in [2.24, 2.45) is 11.7 Å².